The van der Waals surface area contributed by atoms with E-state index in [0.29, 0.717) is 48.2 Å². The number of hydrogen-bond acceptors (Lipinski definition) is 3. The van der Waals surface area contributed by atoms with Crippen LogP contribution in [0.5, 0.6) is 0 Å². The molecule has 0 saturated carbocycles. The number of sulfonamides is 1. The third-order valence-electron chi connectivity index (χ3n) is 5.26. The summed E-state index contributed by atoms with van der Waals surface area (Å²) in [5.41, 5.74) is 2.22. The quantitative estimate of drug-likeness (QED) is 0.543. The Bertz CT molecular complexity index is 1000. The molecule has 0 amide bonds. The van der Waals surface area contributed by atoms with Crippen LogP contribution in [0.15, 0.2) is 52.4 Å². The van der Waals surface area contributed by atoms with E-state index < -0.39 is 10.0 Å². The number of hydrogen-bond donors (Lipinski definition) is 2. The molecule has 3 rings (SSSR count). The Morgan fingerprint density at radius 1 is 1.07 bits per heavy atom. The predicted molar refractivity (Wildman–Crippen MR) is 117 cm³/mol. The highest BCUT2D eigenvalue weighted by molar-refractivity contribution is 7.89. The van der Waals surface area contributed by atoms with Crippen LogP contribution in [0.4, 0.5) is 4.39 Å². The summed E-state index contributed by atoms with van der Waals surface area (Å²) in [6, 6.07) is 12.0. The van der Waals surface area contributed by atoms with E-state index in [4.69, 9.17) is 0 Å². The van der Waals surface area contributed by atoms with Gasteiger partial charge < -0.3 is 10.6 Å². The van der Waals surface area contributed by atoms with Crippen molar-refractivity contribution in [1.29, 1.82) is 0 Å². The molecule has 8 heteroatoms. The summed E-state index contributed by atoms with van der Waals surface area (Å²) in [5, 5.41) is 6.36. The monoisotopic (exact) mass is 432 g/mol. The van der Waals surface area contributed by atoms with Gasteiger partial charge in [-0.3, -0.25) is 4.99 Å². The minimum Gasteiger partial charge on any atom is -0.352 e. The highest BCUT2D eigenvalue weighted by Gasteiger charge is 2.27. The van der Waals surface area contributed by atoms with Gasteiger partial charge in [0.15, 0.2) is 5.96 Å². The Labute approximate surface area is 178 Å². The van der Waals surface area contributed by atoms with E-state index in [9.17, 15) is 12.8 Å². The maximum Gasteiger partial charge on any atom is 0.243 e. The maximum atomic E-state index is 13.4. The van der Waals surface area contributed by atoms with Crippen LogP contribution < -0.4 is 10.6 Å². The molecule has 1 saturated heterocycles. The molecule has 2 N–H and O–H groups in total. The van der Waals surface area contributed by atoms with Crippen molar-refractivity contribution in [2.75, 3.05) is 20.1 Å². The van der Waals surface area contributed by atoms with Crippen molar-refractivity contribution in [3.63, 3.8) is 0 Å². The fraction of sp³-hybridized carbons (Fsp3) is 0.409. The van der Waals surface area contributed by atoms with Crippen molar-refractivity contribution < 1.29 is 12.8 Å². The van der Waals surface area contributed by atoms with Gasteiger partial charge in [-0.1, -0.05) is 36.8 Å². The first kappa shape index (κ1) is 22.2. The fourth-order valence-corrected chi connectivity index (χ4v) is 5.29. The molecule has 6 nitrogen and oxygen atoms in total. The lowest BCUT2D eigenvalue weighted by Gasteiger charge is -2.27. The van der Waals surface area contributed by atoms with E-state index in [1.54, 1.807) is 42.5 Å². The van der Waals surface area contributed by atoms with E-state index in [0.717, 1.165) is 24.8 Å². The highest BCUT2D eigenvalue weighted by atomic mass is 32.2. The first-order chi connectivity index (χ1) is 14.4. The van der Waals surface area contributed by atoms with Crippen LogP contribution in [0.25, 0.3) is 0 Å². The van der Waals surface area contributed by atoms with Crippen LogP contribution in [0, 0.1) is 12.7 Å². The van der Waals surface area contributed by atoms with Crippen LogP contribution in [-0.4, -0.2) is 38.8 Å². The molecule has 1 aliphatic rings. The van der Waals surface area contributed by atoms with Crippen molar-refractivity contribution in [3.05, 3.63) is 65.0 Å². The van der Waals surface area contributed by atoms with Crippen molar-refractivity contribution in [2.45, 2.75) is 44.2 Å². The topological polar surface area (TPSA) is 73.8 Å². The minimum atomic E-state index is -3.51. The summed E-state index contributed by atoms with van der Waals surface area (Å²) >= 11 is 0. The standard InChI is InChI=1S/C22H29FN4O2S/c1-17-14-18(10-11-20(17)23)15-25-22(24-2)26-16-19-8-4-5-9-21(19)30(28,29)27-12-6-3-7-13-27/h4-5,8-11,14H,3,6-7,12-13,15-16H2,1-2H3,(H2,24,25,26). The first-order valence-corrected chi connectivity index (χ1v) is 11.6. The molecule has 0 atom stereocenters. The molecule has 0 spiro atoms. The predicted octanol–water partition coefficient (Wildman–Crippen LogP) is 3.17. The Morgan fingerprint density at radius 2 is 1.77 bits per heavy atom. The molecule has 0 aromatic heterocycles. The van der Waals surface area contributed by atoms with Crippen molar-refractivity contribution in [3.8, 4) is 0 Å². The van der Waals surface area contributed by atoms with Gasteiger partial charge in [-0.05, 0) is 48.6 Å². The number of benzene rings is 2. The zero-order valence-electron chi connectivity index (χ0n) is 17.5. The Kier molecular flexibility index (Phi) is 7.44. The normalized spacial score (nSPS) is 15.8. The Hall–Kier alpha value is -2.45. The van der Waals surface area contributed by atoms with Crippen molar-refractivity contribution in [2.24, 2.45) is 4.99 Å². The first-order valence-electron chi connectivity index (χ1n) is 10.2. The summed E-state index contributed by atoms with van der Waals surface area (Å²) in [4.78, 5) is 4.54. The lowest BCUT2D eigenvalue weighted by molar-refractivity contribution is 0.346. The second kappa shape index (κ2) is 10.0. The molecular weight excluding hydrogens is 403 g/mol. The van der Waals surface area contributed by atoms with Crippen LogP contribution in [-0.2, 0) is 23.1 Å². The van der Waals surface area contributed by atoms with Crippen molar-refractivity contribution >= 4 is 16.0 Å². The van der Waals surface area contributed by atoms with Gasteiger partial charge in [-0.25, -0.2) is 12.8 Å². The minimum absolute atomic E-state index is 0.229. The molecule has 1 fully saturated rings. The molecule has 30 heavy (non-hydrogen) atoms. The van der Waals surface area contributed by atoms with Crippen LogP contribution in [0.2, 0.25) is 0 Å². The smallest absolute Gasteiger partial charge is 0.243 e. The van der Waals surface area contributed by atoms with Gasteiger partial charge in [0.25, 0.3) is 0 Å². The summed E-state index contributed by atoms with van der Waals surface area (Å²) in [6.45, 7) is 3.68. The van der Waals surface area contributed by atoms with E-state index in [1.165, 1.54) is 6.07 Å². The number of halogens is 1. The molecular formula is C22H29FN4O2S. The number of aryl methyl sites for hydroxylation is 1. The molecule has 162 valence electrons. The zero-order valence-corrected chi connectivity index (χ0v) is 18.3. The van der Waals surface area contributed by atoms with E-state index in [2.05, 4.69) is 15.6 Å². The second-order valence-electron chi connectivity index (χ2n) is 7.44. The number of piperidine rings is 1. The number of rotatable bonds is 6. The lowest BCUT2D eigenvalue weighted by atomic mass is 10.1. The number of nitrogens with zero attached hydrogens (tertiary/aromatic N) is 2. The fourth-order valence-electron chi connectivity index (χ4n) is 3.55. The van der Waals surface area contributed by atoms with E-state index in [-0.39, 0.29) is 5.82 Å². The van der Waals surface area contributed by atoms with Crippen LogP contribution >= 0.6 is 0 Å². The van der Waals surface area contributed by atoms with Gasteiger partial charge in [0.1, 0.15) is 5.82 Å². The van der Waals surface area contributed by atoms with E-state index >= 15 is 0 Å². The molecule has 0 bridgehead atoms. The molecule has 2 aromatic rings. The molecule has 1 aliphatic heterocycles. The summed E-state index contributed by atoms with van der Waals surface area (Å²) < 4.78 is 41.2. The third-order valence-corrected chi connectivity index (χ3v) is 7.26. The van der Waals surface area contributed by atoms with Gasteiger partial charge in [-0.15, -0.1) is 0 Å². The van der Waals surface area contributed by atoms with Crippen LogP contribution in [0.3, 0.4) is 0 Å². The van der Waals surface area contributed by atoms with Gasteiger partial charge in [0, 0.05) is 33.2 Å². The third kappa shape index (κ3) is 5.37. The molecule has 0 unspecified atom stereocenters. The van der Waals surface area contributed by atoms with Crippen LogP contribution in [0.1, 0.15) is 36.0 Å². The lowest BCUT2D eigenvalue weighted by Crippen LogP contribution is -2.38. The summed E-state index contributed by atoms with van der Waals surface area (Å²) in [7, 11) is -1.86. The average Bonchev–Trinajstić information content (AvgIpc) is 2.77. The SMILES string of the molecule is CN=C(NCc1ccc(F)c(C)c1)NCc1ccccc1S(=O)(=O)N1CCCCC1. The van der Waals surface area contributed by atoms with Gasteiger partial charge in [0.2, 0.25) is 10.0 Å². The molecule has 0 radical (unpaired) electrons. The summed E-state index contributed by atoms with van der Waals surface area (Å²) in [6.07, 6.45) is 2.88. The average molecular weight is 433 g/mol. The Balaban J connectivity index is 1.66. The van der Waals surface area contributed by atoms with Crippen molar-refractivity contribution in [1.82, 2.24) is 14.9 Å². The number of aliphatic imine (C=N–C) groups is 1. The molecule has 1 heterocycles. The number of guanidine groups is 1. The van der Waals surface area contributed by atoms with Gasteiger partial charge in [0.05, 0.1) is 4.90 Å². The Morgan fingerprint density at radius 3 is 2.47 bits per heavy atom. The maximum absolute atomic E-state index is 13.4. The number of nitrogens with one attached hydrogen (secondary N) is 2. The highest BCUT2D eigenvalue weighted by Crippen LogP contribution is 2.23. The van der Waals surface area contributed by atoms with E-state index in [1.807, 2.05) is 12.1 Å². The van der Waals surface area contributed by atoms with Gasteiger partial charge >= 0.3 is 0 Å². The molecule has 0 aliphatic carbocycles. The molecule has 2 aromatic carbocycles. The summed E-state index contributed by atoms with van der Waals surface area (Å²) in [5.74, 6) is 0.315. The van der Waals surface area contributed by atoms with Gasteiger partial charge in [-0.2, -0.15) is 4.31 Å². The second-order valence-corrected chi connectivity index (χ2v) is 9.34. The largest absolute Gasteiger partial charge is 0.352 e. The zero-order chi connectivity index (χ0) is 21.6.